The van der Waals surface area contributed by atoms with Crippen molar-refractivity contribution < 1.29 is 19.5 Å². The van der Waals surface area contributed by atoms with Crippen LogP contribution < -0.4 is 10.2 Å². The number of rotatable bonds is 10. The molecule has 9 nitrogen and oxygen atoms in total. The molecular formula is C30H37N5O4. The number of carbonyl (C=O) groups excluding carboxylic acids is 3. The number of aromatic nitrogens is 2. The van der Waals surface area contributed by atoms with Crippen LogP contribution in [-0.4, -0.2) is 57.4 Å². The Kier molecular flexibility index (Phi) is 8.26. The van der Waals surface area contributed by atoms with Gasteiger partial charge in [-0.3, -0.25) is 19.7 Å². The predicted octanol–water partition coefficient (Wildman–Crippen LogP) is 4.34. The zero-order chi connectivity index (χ0) is 27.4. The number of hydrogen-bond acceptors (Lipinski definition) is 5. The summed E-state index contributed by atoms with van der Waals surface area (Å²) in [6, 6.07) is 12.6. The minimum Gasteiger partial charge on any atom is -0.392 e. The topological polar surface area (TPSA) is 108 Å². The summed E-state index contributed by atoms with van der Waals surface area (Å²) in [7, 11) is 1.80. The fourth-order valence-electron chi connectivity index (χ4n) is 5.74. The van der Waals surface area contributed by atoms with Gasteiger partial charge in [0.2, 0.25) is 17.8 Å². The molecule has 1 aromatic heterocycles. The number of carbonyl (C=O) groups is 3. The number of benzene rings is 2. The van der Waals surface area contributed by atoms with Gasteiger partial charge in [0.25, 0.3) is 5.91 Å². The Morgan fingerprint density at radius 1 is 1.10 bits per heavy atom. The number of amides is 3. The summed E-state index contributed by atoms with van der Waals surface area (Å²) in [6.07, 6.45) is 7.45. The second-order valence-corrected chi connectivity index (χ2v) is 10.7. The zero-order valence-electron chi connectivity index (χ0n) is 22.6. The molecule has 2 heterocycles. The first-order valence-corrected chi connectivity index (χ1v) is 14.0. The normalized spacial score (nSPS) is 15.8. The highest BCUT2D eigenvalue weighted by molar-refractivity contribution is 6.04. The molecule has 0 bridgehead atoms. The third kappa shape index (κ3) is 6.14. The van der Waals surface area contributed by atoms with Crippen molar-refractivity contribution in [3.63, 3.8) is 0 Å². The van der Waals surface area contributed by atoms with E-state index in [1.165, 1.54) is 12.8 Å². The van der Waals surface area contributed by atoms with E-state index in [1.54, 1.807) is 36.2 Å². The Hall–Kier alpha value is -3.72. The van der Waals surface area contributed by atoms with Crippen LogP contribution in [0.1, 0.15) is 67.3 Å². The fourth-order valence-corrected chi connectivity index (χ4v) is 5.74. The maximum atomic E-state index is 13.1. The Morgan fingerprint density at radius 2 is 1.92 bits per heavy atom. The van der Waals surface area contributed by atoms with Gasteiger partial charge in [-0.05, 0) is 67.5 Å². The molecule has 39 heavy (non-hydrogen) atoms. The smallest absolute Gasteiger partial charge is 0.257 e. The number of anilines is 2. The van der Waals surface area contributed by atoms with Crippen LogP contribution in [0.2, 0.25) is 0 Å². The highest BCUT2D eigenvalue weighted by Gasteiger charge is 2.23. The Balaban J connectivity index is 1.39. The molecule has 1 saturated heterocycles. The molecule has 2 aromatic carbocycles. The van der Waals surface area contributed by atoms with Crippen LogP contribution in [-0.2, 0) is 22.7 Å². The molecule has 1 aliphatic carbocycles. The molecule has 0 unspecified atom stereocenters. The third-order valence-electron chi connectivity index (χ3n) is 8.01. The highest BCUT2D eigenvalue weighted by atomic mass is 16.3. The van der Waals surface area contributed by atoms with Crippen molar-refractivity contribution in [2.75, 3.05) is 30.4 Å². The molecular weight excluding hydrogens is 494 g/mol. The quantitative estimate of drug-likeness (QED) is 0.405. The SMILES string of the molecule is CN(C(=O)CC1CCCC1)c1ccc2c(c1)nc(NC(=O)c1cccc(CO)c1)n2CCCN1CCCC1=O. The van der Waals surface area contributed by atoms with Crippen LogP contribution in [0.25, 0.3) is 11.0 Å². The van der Waals surface area contributed by atoms with Gasteiger partial charge in [0.05, 0.1) is 17.6 Å². The Bertz CT molecular complexity index is 1360. The third-order valence-corrected chi connectivity index (χ3v) is 8.01. The molecule has 1 saturated carbocycles. The van der Waals surface area contributed by atoms with E-state index in [9.17, 15) is 19.5 Å². The van der Waals surface area contributed by atoms with Crippen molar-refractivity contribution >= 4 is 40.4 Å². The minimum atomic E-state index is -0.319. The molecule has 206 valence electrons. The second kappa shape index (κ2) is 12.0. The molecule has 3 amide bonds. The number of nitrogens with zero attached hydrogens (tertiary/aromatic N) is 4. The van der Waals surface area contributed by atoms with Crippen LogP contribution in [0.3, 0.4) is 0 Å². The highest BCUT2D eigenvalue weighted by Crippen LogP contribution is 2.30. The maximum absolute atomic E-state index is 13.1. The van der Waals surface area contributed by atoms with Crippen molar-refractivity contribution in [2.45, 2.75) is 64.5 Å². The first kappa shape index (κ1) is 26.9. The van der Waals surface area contributed by atoms with Crippen molar-refractivity contribution in [1.82, 2.24) is 14.5 Å². The molecule has 9 heteroatoms. The number of fused-ring (bicyclic) bond motifs is 1. The van der Waals surface area contributed by atoms with Crippen molar-refractivity contribution in [1.29, 1.82) is 0 Å². The first-order valence-electron chi connectivity index (χ1n) is 14.0. The summed E-state index contributed by atoms with van der Waals surface area (Å²) in [5.74, 6) is 0.859. The predicted molar refractivity (Wildman–Crippen MR) is 150 cm³/mol. The Labute approximate surface area is 228 Å². The van der Waals surface area contributed by atoms with Gasteiger partial charge < -0.3 is 19.5 Å². The van der Waals surface area contributed by atoms with E-state index in [0.717, 1.165) is 43.4 Å². The van der Waals surface area contributed by atoms with E-state index in [0.29, 0.717) is 54.4 Å². The van der Waals surface area contributed by atoms with Crippen molar-refractivity contribution in [3.05, 3.63) is 53.6 Å². The van der Waals surface area contributed by atoms with E-state index in [4.69, 9.17) is 4.98 Å². The van der Waals surface area contributed by atoms with Gasteiger partial charge in [-0.15, -0.1) is 0 Å². The summed E-state index contributed by atoms with van der Waals surface area (Å²) in [4.78, 5) is 46.5. The molecule has 2 fully saturated rings. The number of aryl methyl sites for hydroxylation is 1. The van der Waals surface area contributed by atoms with Gasteiger partial charge in [0, 0.05) is 50.8 Å². The van der Waals surface area contributed by atoms with Gasteiger partial charge in [-0.25, -0.2) is 4.98 Å². The van der Waals surface area contributed by atoms with Crippen molar-refractivity contribution in [3.8, 4) is 0 Å². The lowest BCUT2D eigenvalue weighted by Gasteiger charge is -2.19. The summed E-state index contributed by atoms with van der Waals surface area (Å²) in [5.41, 5.74) is 3.39. The maximum Gasteiger partial charge on any atom is 0.257 e. The number of nitrogens with one attached hydrogen (secondary N) is 1. The molecule has 0 radical (unpaired) electrons. The minimum absolute atomic E-state index is 0.105. The van der Waals surface area contributed by atoms with Gasteiger partial charge in [0.1, 0.15) is 0 Å². The summed E-state index contributed by atoms with van der Waals surface area (Å²) >= 11 is 0. The zero-order valence-corrected chi connectivity index (χ0v) is 22.6. The fraction of sp³-hybridized carbons (Fsp3) is 0.467. The average molecular weight is 532 g/mol. The number of aliphatic hydroxyl groups is 1. The number of aliphatic hydroxyl groups excluding tert-OH is 1. The lowest BCUT2D eigenvalue weighted by molar-refractivity contribution is -0.127. The molecule has 3 aromatic rings. The Morgan fingerprint density at radius 3 is 2.67 bits per heavy atom. The van der Waals surface area contributed by atoms with Crippen LogP contribution in [0.5, 0.6) is 0 Å². The molecule has 0 spiro atoms. The number of hydrogen-bond donors (Lipinski definition) is 2. The lowest BCUT2D eigenvalue weighted by Crippen LogP contribution is -2.27. The van der Waals surface area contributed by atoms with Crippen LogP contribution in [0, 0.1) is 5.92 Å². The van der Waals surface area contributed by atoms with E-state index in [1.807, 2.05) is 27.7 Å². The summed E-state index contributed by atoms with van der Waals surface area (Å²) in [6.45, 7) is 1.87. The number of likely N-dealkylation sites (tertiary alicyclic amines) is 1. The second-order valence-electron chi connectivity index (χ2n) is 10.7. The van der Waals surface area contributed by atoms with Gasteiger partial charge >= 0.3 is 0 Å². The van der Waals surface area contributed by atoms with E-state index >= 15 is 0 Å². The van der Waals surface area contributed by atoms with Gasteiger partial charge in [-0.2, -0.15) is 0 Å². The van der Waals surface area contributed by atoms with E-state index < -0.39 is 0 Å². The molecule has 2 aliphatic rings. The summed E-state index contributed by atoms with van der Waals surface area (Å²) in [5, 5.41) is 12.4. The standard InChI is InChI=1S/C30H37N5O4/c1-33(28(38)18-21-7-2-3-8-21)24-12-13-26-25(19-24)31-30(32-29(39)23-10-4-9-22(17-23)20-36)35(26)16-6-15-34-14-5-11-27(34)37/h4,9-10,12-13,17,19,21,36H,2-3,5-8,11,14-16,18,20H2,1H3,(H,31,32,39). The van der Waals surface area contributed by atoms with E-state index in [2.05, 4.69) is 5.32 Å². The average Bonchev–Trinajstić information content (AvgIpc) is 3.69. The van der Waals surface area contributed by atoms with E-state index in [-0.39, 0.29) is 24.3 Å². The number of imidazole rings is 1. The summed E-state index contributed by atoms with van der Waals surface area (Å²) < 4.78 is 1.97. The van der Waals surface area contributed by atoms with Gasteiger partial charge in [0.15, 0.2) is 0 Å². The molecule has 0 atom stereocenters. The molecule has 5 rings (SSSR count). The van der Waals surface area contributed by atoms with Crippen LogP contribution >= 0.6 is 0 Å². The largest absolute Gasteiger partial charge is 0.392 e. The van der Waals surface area contributed by atoms with Crippen LogP contribution in [0.4, 0.5) is 11.6 Å². The van der Waals surface area contributed by atoms with Gasteiger partial charge in [-0.1, -0.05) is 25.0 Å². The molecule has 2 N–H and O–H groups in total. The first-order chi connectivity index (χ1) is 18.9. The van der Waals surface area contributed by atoms with Crippen molar-refractivity contribution in [2.24, 2.45) is 5.92 Å². The molecule has 1 aliphatic heterocycles. The monoisotopic (exact) mass is 531 g/mol. The lowest BCUT2D eigenvalue weighted by atomic mass is 10.0. The van der Waals surface area contributed by atoms with Crippen LogP contribution in [0.15, 0.2) is 42.5 Å².